The Morgan fingerprint density at radius 2 is 1.22 bits per heavy atom. The molecule has 0 radical (unpaired) electrons. The minimum absolute atomic E-state index is 0.148. The topological polar surface area (TPSA) is 73.4 Å². The molecule has 0 bridgehead atoms. The van der Waals surface area contributed by atoms with Crippen molar-refractivity contribution in [1.82, 2.24) is 9.97 Å². The van der Waals surface area contributed by atoms with E-state index in [-0.39, 0.29) is 5.56 Å². The molecule has 5 rings (SSSR count). The van der Waals surface area contributed by atoms with Crippen molar-refractivity contribution in [3.8, 4) is 28.6 Å². The summed E-state index contributed by atoms with van der Waals surface area (Å²) in [6.07, 6.45) is 0.744. The summed E-state index contributed by atoms with van der Waals surface area (Å²) in [6.45, 7) is 1.61. The first-order valence-corrected chi connectivity index (χ1v) is 11.9. The van der Waals surface area contributed by atoms with Gasteiger partial charge in [-0.05, 0) is 66.2 Å². The average molecular weight is 479 g/mol. The number of para-hydroxylation sites is 1. The van der Waals surface area contributed by atoms with Crippen LogP contribution in [-0.2, 0) is 6.61 Å². The van der Waals surface area contributed by atoms with E-state index in [4.69, 9.17) is 14.2 Å². The molecule has 0 saturated carbocycles. The normalized spacial score (nSPS) is 10.8. The van der Waals surface area contributed by atoms with Crippen LogP contribution in [0.5, 0.6) is 17.2 Å². The highest BCUT2D eigenvalue weighted by Gasteiger charge is 2.06. The fourth-order valence-corrected chi connectivity index (χ4v) is 3.74. The van der Waals surface area contributed by atoms with Crippen LogP contribution in [0.3, 0.4) is 0 Å². The van der Waals surface area contributed by atoms with Gasteiger partial charge in [0.1, 0.15) is 29.7 Å². The lowest BCUT2D eigenvalue weighted by atomic mass is 10.2. The third kappa shape index (κ3) is 5.91. The molecule has 0 aliphatic heterocycles. The summed E-state index contributed by atoms with van der Waals surface area (Å²) in [4.78, 5) is 19.7. The van der Waals surface area contributed by atoms with E-state index in [1.807, 2.05) is 97.1 Å². The van der Waals surface area contributed by atoms with E-state index >= 15 is 0 Å². The first-order valence-electron chi connectivity index (χ1n) is 11.9. The third-order valence-corrected chi connectivity index (χ3v) is 5.64. The van der Waals surface area contributed by atoms with Crippen LogP contribution in [-0.4, -0.2) is 23.2 Å². The second-order valence-corrected chi connectivity index (χ2v) is 8.25. The maximum atomic E-state index is 12.3. The molecule has 6 nitrogen and oxygen atoms in total. The van der Waals surface area contributed by atoms with Crippen LogP contribution in [0, 0.1) is 0 Å². The minimum atomic E-state index is -0.148. The molecule has 0 spiro atoms. The summed E-state index contributed by atoms with van der Waals surface area (Å²) in [5.74, 6) is 2.89. The Morgan fingerprint density at radius 1 is 0.639 bits per heavy atom. The van der Waals surface area contributed by atoms with E-state index in [1.165, 1.54) is 0 Å². The SMILES string of the molecule is O=c1[nH]c(-c2ccc(OCCCOc3ccc(OCc4ccccc4)cc3)cc2)nc2ccccc12. The molecule has 4 aromatic carbocycles. The summed E-state index contributed by atoms with van der Waals surface area (Å²) < 4.78 is 17.4. The molecule has 6 heteroatoms. The lowest BCUT2D eigenvalue weighted by molar-refractivity contribution is 0.247. The molecule has 1 N–H and O–H groups in total. The number of aromatic amines is 1. The summed E-state index contributed by atoms with van der Waals surface area (Å²) >= 11 is 0. The Hall–Kier alpha value is -4.58. The van der Waals surface area contributed by atoms with Gasteiger partial charge in [0.05, 0.1) is 24.1 Å². The van der Waals surface area contributed by atoms with Gasteiger partial charge in [0.25, 0.3) is 5.56 Å². The summed E-state index contributed by atoms with van der Waals surface area (Å²) in [6, 6.07) is 32.5. The van der Waals surface area contributed by atoms with E-state index in [9.17, 15) is 4.79 Å². The number of nitrogens with one attached hydrogen (secondary N) is 1. The van der Waals surface area contributed by atoms with E-state index in [0.717, 1.165) is 34.8 Å². The van der Waals surface area contributed by atoms with Crippen LogP contribution in [0.2, 0.25) is 0 Å². The van der Waals surface area contributed by atoms with Gasteiger partial charge in [0, 0.05) is 12.0 Å². The number of rotatable bonds is 10. The third-order valence-electron chi connectivity index (χ3n) is 5.64. The Kier molecular flexibility index (Phi) is 7.23. The molecular weight excluding hydrogens is 452 g/mol. The molecule has 0 saturated heterocycles. The zero-order valence-electron chi connectivity index (χ0n) is 19.7. The number of H-pyrrole nitrogens is 1. The fourth-order valence-electron chi connectivity index (χ4n) is 3.74. The molecule has 1 aromatic heterocycles. The molecule has 0 amide bonds. The number of ether oxygens (including phenoxy) is 3. The molecule has 36 heavy (non-hydrogen) atoms. The van der Waals surface area contributed by atoms with Crippen LogP contribution < -0.4 is 19.8 Å². The van der Waals surface area contributed by atoms with Crippen molar-refractivity contribution < 1.29 is 14.2 Å². The van der Waals surface area contributed by atoms with E-state index in [1.54, 1.807) is 6.07 Å². The van der Waals surface area contributed by atoms with Crippen LogP contribution in [0.25, 0.3) is 22.3 Å². The van der Waals surface area contributed by atoms with Crippen LogP contribution >= 0.6 is 0 Å². The maximum Gasteiger partial charge on any atom is 0.259 e. The molecule has 0 aliphatic rings. The largest absolute Gasteiger partial charge is 0.493 e. The van der Waals surface area contributed by atoms with Gasteiger partial charge < -0.3 is 19.2 Å². The predicted octanol–water partition coefficient (Wildman–Crippen LogP) is 6.02. The predicted molar refractivity (Wildman–Crippen MR) is 141 cm³/mol. The summed E-state index contributed by atoms with van der Waals surface area (Å²) in [7, 11) is 0. The molecule has 0 unspecified atom stereocenters. The van der Waals surface area contributed by atoms with Crippen molar-refractivity contribution >= 4 is 10.9 Å². The van der Waals surface area contributed by atoms with Gasteiger partial charge in [0.15, 0.2) is 0 Å². The van der Waals surface area contributed by atoms with Gasteiger partial charge in [-0.3, -0.25) is 4.79 Å². The van der Waals surface area contributed by atoms with Crippen LogP contribution in [0.1, 0.15) is 12.0 Å². The highest BCUT2D eigenvalue weighted by atomic mass is 16.5. The van der Waals surface area contributed by atoms with Crippen molar-refractivity contribution in [1.29, 1.82) is 0 Å². The van der Waals surface area contributed by atoms with Crippen molar-refractivity contribution in [3.05, 3.63) is 119 Å². The van der Waals surface area contributed by atoms with Crippen LogP contribution in [0.15, 0.2) is 108 Å². The number of nitrogens with zero attached hydrogens (tertiary/aromatic N) is 1. The van der Waals surface area contributed by atoms with Gasteiger partial charge in [-0.25, -0.2) is 4.98 Å². The Balaban J connectivity index is 1.06. The number of benzene rings is 4. The number of hydrogen-bond acceptors (Lipinski definition) is 5. The van der Waals surface area contributed by atoms with E-state index in [2.05, 4.69) is 9.97 Å². The molecule has 180 valence electrons. The van der Waals surface area contributed by atoms with Gasteiger partial charge in [-0.15, -0.1) is 0 Å². The van der Waals surface area contributed by atoms with Crippen molar-refractivity contribution in [3.63, 3.8) is 0 Å². The second-order valence-electron chi connectivity index (χ2n) is 8.25. The summed E-state index contributed by atoms with van der Waals surface area (Å²) in [5, 5.41) is 0.579. The molecule has 1 heterocycles. The first kappa shape index (κ1) is 23.2. The van der Waals surface area contributed by atoms with E-state index < -0.39 is 0 Å². The van der Waals surface area contributed by atoms with Gasteiger partial charge in [-0.2, -0.15) is 0 Å². The first-order chi connectivity index (χ1) is 17.7. The fraction of sp³-hybridized carbons (Fsp3) is 0.133. The monoisotopic (exact) mass is 478 g/mol. The highest BCUT2D eigenvalue weighted by molar-refractivity contribution is 5.79. The van der Waals surface area contributed by atoms with Crippen LogP contribution in [0.4, 0.5) is 0 Å². The smallest absolute Gasteiger partial charge is 0.259 e. The molecular formula is C30H26N2O4. The molecule has 0 atom stereocenters. The molecule has 0 fully saturated rings. The standard InChI is InChI=1S/C30H26N2O4/c33-30-27-9-4-5-10-28(27)31-29(32-30)23-11-13-24(14-12-23)34-19-6-20-35-25-15-17-26(18-16-25)36-21-22-7-2-1-3-8-22/h1-5,7-18H,6,19-21H2,(H,31,32,33). The van der Waals surface area contributed by atoms with Gasteiger partial charge in [0.2, 0.25) is 0 Å². The zero-order valence-corrected chi connectivity index (χ0v) is 19.7. The number of fused-ring (bicyclic) bond motifs is 1. The zero-order chi connectivity index (χ0) is 24.6. The Bertz CT molecular complexity index is 1460. The lowest BCUT2D eigenvalue weighted by Gasteiger charge is -2.10. The quantitative estimate of drug-likeness (QED) is 0.249. The van der Waals surface area contributed by atoms with Gasteiger partial charge in [-0.1, -0.05) is 42.5 Å². The second kappa shape index (κ2) is 11.2. The minimum Gasteiger partial charge on any atom is -0.493 e. The highest BCUT2D eigenvalue weighted by Crippen LogP contribution is 2.21. The van der Waals surface area contributed by atoms with Crippen molar-refractivity contribution in [2.45, 2.75) is 13.0 Å². The summed E-state index contributed by atoms with van der Waals surface area (Å²) in [5.41, 5.74) is 2.48. The molecule has 5 aromatic rings. The average Bonchev–Trinajstić information content (AvgIpc) is 2.93. The van der Waals surface area contributed by atoms with Crippen molar-refractivity contribution in [2.75, 3.05) is 13.2 Å². The van der Waals surface area contributed by atoms with E-state index in [0.29, 0.717) is 36.5 Å². The van der Waals surface area contributed by atoms with Gasteiger partial charge >= 0.3 is 0 Å². The molecule has 0 aliphatic carbocycles. The lowest BCUT2D eigenvalue weighted by Crippen LogP contribution is -2.09. The Morgan fingerprint density at radius 3 is 1.92 bits per heavy atom. The Labute approximate surface area is 209 Å². The number of hydrogen-bond donors (Lipinski definition) is 1. The maximum absolute atomic E-state index is 12.3. The number of aromatic nitrogens is 2. The van der Waals surface area contributed by atoms with Crippen molar-refractivity contribution in [2.24, 2.45) is 0 Å².